The molecule has 0 saturated heterocycles. The van der Waals surface area contributed by atoms with Crippen molar-refractivity contribution < 1.29 is 4.74 Å². The van der Waals surface area contributed by atoms with Crippen LogP contribution in [0.15, 0.2) is 29.6 Å². The summed E-state index contributed by atoms with van der Waals surface area (Å²) in [5.74, 6) is 1.36. The first kappa shape index (κ1) is 17.2. The van der Waals surface area contributed by atoms with E-state index in [1.54, 1.807) is 18.4 Å². The minimum Gasteiger partial charge on any atom is -0.497 e. The maximum absolute atomic E-state index is 5.43. The lowest BCUT2D eigenvalue weighted by atomic mass is 9.96. The molecule has 1 aliphatic rings. The van der Waals surface area contributed by atoms with Gasteiger partial charge in [0.15, 0.2) is 5.11 Å². The Labute approximate surface area is 161 Å². The van der Waals surface area contributed by atoms with E-state index < -0.39 is 0 Å². The Kier molecular flexibility index (Phi) is 5.03. The summed E-state index contributed by atoms with van der Waals surface area (Å²) in [7, 11) is 1.66. The van der Waals surface area contributed by atoms with E-state index in [1.165, 1.54) is 32.1 Å². The highest BCUT2D eigenvalue weighted by atomic mass is 32.1. The van der Waals surface area contributed by atoms with E-state index in [4.69, 9.17) is 17.0 Å². The van der Waals surface area contributed by atoms with E-state index in [9.17, 15) is 0 Å². The number of hydrogen-bond acceptors (Lipinski definition) is 5. The van der Waals surface area contributed by atoms with Crippen LogP contribution in [0.4, 0.5) is 5.95 Å². The van der Waals surface area contributed by atoms with Crippen LogP contribution in [0.25, 0.3) is 16.2 Å². The summed E-state index contributed by atoms with van der Waals surface area (Å²) in [5.41, 5.74) is 2.07. The van der Waals surface area contributed by atoms with Crippen molar-refractivity contribution in [2.24, 2.45) is 0 Å². The van der Waals surface area contributed by atoms with Gasteiger partial charge in [-0.25, -0.2) is 4.52 Å². The number of ether oxygens (including phenoxy) is 1. The zero-order chi connectivity index (χ0) is 17.9. The van der Waals surface area contributed by atoms with Crippen molar-refractivity contribution in [1.29, 1.82) is 0 Å². The van der Waals surface area contributed by atoms with Gasteiger partial charge in [-0.2, -0.15) is 4.98 Å². The summed E-state index contributed by atoms with van der Waals surface area (Å²) in [6.07, 6.45) is 6.21. The second-order valence-electron chi connectivity index (χ2n) is 6.41. The summed E-state index contributed by atoms with van der Waals surface area (Å²) >= 11 is 6.98. The first-order valence-corrected chi connectivity index (χ1v) is 10.1. The number of fused-ring (bicyclic) bond motifs is 1. The standard InChI is InChI=1S/C18H21N5OS2/c1-24-14-9-7-12(8-10-14)15-11-26-18-21-16(22-23(15)18)20-17(25)19-13-5-3-2-4-6-13/h7-11,13H,2-6H2,1H3,(H2,19,20,22,25). The lowest BCUT2D eigenvalue weighted by Gasteiger charge is -2.23. The number of nitrogens with zero attached hydrogens (tertiary/aromatic N) is 3. The predicted octanol–water partition coefficient (Wildman–Crippen LogP) is 4.09. The molecule has 8 heteroatoms. The molecule has 0 amide bonds. The average molecular weight is 388 g/mol. The van der Waals surface area contributed by atoms with E-state index in [2.05, 4.69) is 26.1 Å². The Morgan fingerprint density at radius 3 is 2.73 bits per heavy atom. The van der Waals surface area contributed by atoms with Crippen LogP contribution in [0, 0.1) is 0 Å². The molecule has 0 radical (unpaired) electrons. The quantitative estimate of drug-likeness (QED) is 0.658. The molecule has 1 aliphatic carbocycles. The van der Waals surface area contributed by atoms with E-state index >= 15 is 0 Å². The topological polar surface area (TPSA) is 63.5 Å². The fraction of sp³-hybridized carbons (Fsp3) is 0.389. The molecule has 2 N–H and O–H groups in total. The lowest BCUT2D eigenvalue weighted by Crippen LogP contribution is -2.39. The van der Waals surface area contributed by atoms with Gasteiger partial charge in [0.05, 0.1) is 12.8 Å². The van der Waals surface area contributed by atoms with Crippen molar-refractivity contribution in [3.8, 4) is 17.0 Å². The molecule has 3 aromatic rings. The first-order valence-electron chi connectivity index (χ1n) is 8.79. The summed E-state index contributed by atoms with van der Waals surface area (Å²) in [4.78, 5) is 5.36. The first-order chi connectivity index (χ1) is 12.7. The minimum absolute atomic E-state index is 0.461. The molecular formula is C18H21N5OS2. The summed E-state index contributed by atoms with van der Waals surface area (Å²) < 4.78 is 7.07. The number of anilines is 1. The van der Waals surface area contributed by atoms with Gasteiger partial charge in [0.25, 0.3) is 0 Å². The number of benzene rings is 1. The van der Waals surface area contributed by atoms with Gasteiger partial charge in [0.2, 0.25) is 10.9 Å². The molecule has 1 saturated carbocycles. The van der Waals surface area contributed by atoms with Crippen LogP contribution in [0.2, 0.25) is 0 Å². The van der Waals surface area contributed by atoms with Crippen LogP contribution >= 0.6 is 23.6 Å². The number of rotatable bonds is 4. The van der Waals surface area contributed by atoms with Crippen molar-refractivity contribution in [3.05, 3.63) is 29.6 Å². The molecule has 1 aromatic carbocycles. The Morgan fingerprint density at radius 1 is 1.23 bits per heavy atom. The van der Waals surface area contributed by atoms with Gasteiger partial charge >= 0.3 is 0 Å². The molecule has 4 rings (SSSR count). The zero-order valence-electron chi connectivity index (χ0n) is 14.6. The molecule has 26 heavy (non-hydrogen) atoms. The molecule has 0 unspecified atom stereocenters. The molecule has 2 aromatic heterocycles. The van der Waals surface area contributed by atoms with Crippen LogP contribution in [-0.4, -0.2) is 32.9 Å². The fourth-order valence-corrected chi connectivity index (χ4v) is 4.35. The number of hydrogen-bond donors (Lipinski definition) is 2. The van der Waals surface area contributed by atoms with Gasteiger partial charge < -0.3 is 10.1 Å². The molecule has 6 nitrogen and oxygen atoms in total. The molecule has 0 spiro atoms. The molecule has 0 aliphatic heterocycles. The molecule has 1 fully saturated rings. The second kappa shape index (κ2) is 7.59. The fourth-order valence-electron chi connectivity index (χ4n) is 3.26. The Hall–Kier alpha value is -2.19. The SMILES string of the molecule is COc1ccc(-c2csc3nc(NC(=S)NC4CCCCC4)nn23)cc1. The summed E-state index contributed by atoms with van der Waals surface area (Å²) in [6.45, 7) is 0. The van der Waals surface area contributed by atoms with Crippen molar-refractivity contribution in [1.82, 2.24) is 19.9 Å². The number of methoxy groups -OCH3 is 1. The zero-order valence-corrected chi connectivity index (χ0v) is 16.2. The van der Waals surface area contributed by atoms with Crippen molar-refractivity contribution in [3.63, 3.8) is 0 Å². The van der Waals surface area contributed by atoms with Crippen LogP contribution in [0.3, 0.4) is 0 Å². The average Bonchev–Trinajstić information content (AvgIpc) is 3.22. The van der Waals surface area contributed by atoms with Crippen LogP contribution in [-0.2, 0) is 0 Å². The normalized spacial score (nSPS) is 15.1. The van der Waals surface area contributed by atoms with Gasteiger partial charge in [-0.05, 0) is 49.3 Å². The van der Waals surface area contributed by atoms with Crippen LogP contribution in [0.1, 0.15) is 32.1 Å². The number of thiazole rings is 1. The van der Waals surface area contributed by atoms with Gasteiger partial charge in [-0.3, -0.25) is 5.32 Å². The maximum atomic E-state index is 5.43. The molecule has 0 bridgehead atoms. The largest absolute Gasteiger partial charge is 0.497 e. The number of nitrogens with one attached hydrogen (secondary N) is 2. The third kappa shape index (κ3) is 3.66. The van der Waals surface area contributed by atoms with Gasteiger partial charge in [-0.1, -0.05) is 19.3 Å². The second-order valence-corrected chi connectivity index (χ2v) is 7.66. The smallest absolute Gasteiger partial charge is 0.250 e. The van der Waals surface area contributed by atoms with Crippen molar-refractivity contribution >= 4 is 39.6 Å². The van der Waals surface area contributed by atoms with Crippen molar-refractivity contribution in [2.75, 3.05) is 12.4 Å². The Balaban J connectivity index is 1.49. The van der Waals surface area contributed by atoms with Crippen LogP contribution < -0.4 is 15.4 Å². The monoisotopic (exact) mass is 387 g/mol. The Morgan fingerprint density at radius 2 is 2.00 bits per heavy atom. The highest BCUT2D eigenvalue weighted by Crippen LogP contribution is 2.27. The van der Waals surface area contributed by atoms with Gasteiger partial charge in [0.1, 0.15) is 5.75 Å². The van der Waals surface area contributed by atoms with Gasteiger partial charge in [-0.15, -0.1) is 16.4 Å². The molecule has 2 heterocycles. The highest BCUT2D eigenvalue weighted by Gasteiger charge is 2.16. The van der Waals surface area contributed by atoms with E-state index in [0.29, 0.717) is 17.1 Å². The molecule has 136 valence electrons. The summed E-state index contributed by atoms with van der Waals surface area (Å²) in [6, 6.07) is 8.38. The van der Waals surface area contributed by atoms with E-state index in [1.807, 2.05) is 28.8 Å². The minimum atomic E-state index is 0.461. The predicted molar refractivity (Wildman–Crippen MR) is 109 cm³/mol. The van der Waals surface area contributed by atoms with E-state index in [-0.39, 0.29) is 0 Å². The van der Waals surface area contributed by atoms with Gasteiger partial charge in [0, 0.05) is 17.0 Å². The highest BCUT2D eigenvalue weighted by molar-refractivity contribution is 7.80. The van der Waals surface area contributed by atoms with E-state index in [0.717, 1.165) is 22.0 Å². The summed E-state index contributed by atoms with van der Waals surface area (Å²) in [5, 5.41) is 13.7. The maximum Gasteiger partial charge on any atom is 0.250 e. The number of thiocarbonyl (C=S) groups is 1. The third-order valence-electron chi connectivity index (χ3n) is 4.63. The Bertz CT molecular complexity index is 896. The number of aromatic nitrogens is 3. The lowest BCUT2D eigenvalue weighted by molar-refractivity contribution is 0.414. The van der Waals surface area contributed by atoms with Crippen molar-refractivity contribution in [2.45, 2.75) is 38.1 Å². The van der Waals surface area contributed by atoms with Crippen LogP contribution in [0.5, 0.6) is 5.75 Å². The molecular weight excluding hydrogens is 366 g/mol. The third-order valence-corrected chi connectivity index (χ3v) is 5.67. The molecule has 0 atom stereocenters.